The van der Waals surface area contributed by atoms with Crippen LogP contribution in [0.5, 0.6) is 0 Å². The fourth-order valence-corrected chi connectivity index (χ4v) is 2.12. The van der Waals surface area contributed by atoms with E-state index in [-0.39, 0.29) is 11.2 Å². The maximum absolute atomic E-state index is 13.0. The zero-order valence-electron chi connectivity index (χ0n) is 11.7. The monoisotopic (exact) mass is 271 g/mol. The van der Waals surface area contributed by atoms with Crippen LogP contribution in [0.2, 0.25) is 5.02 Å². The molecule has 1 unspecified atom stereocenters. The summed E-state index contributed by atoms with van der Waals surface area (Å²) in [6.07, 6.45) is 1.92. The van der Waals surface area contributed by atoms with Crippen molar-refractivity contribution in [1.29, 1.82) is 0 Å². The van der Waals surface area contributed by atoms with E-state index in [0.29, 0.717) is 11.1 Å². The van der Waals surface area contributed by atoms with Gasteiger partial charge in [-0.25, -0.2) is 4.39 Å². The molecule has 0 aliphatic heterocycles. The smallest absolute Gasteiger partial charge is 0.124 e. The van der Waals surface area contributed by atoms with Crippen LogP contribution in [0.4, 0.5) is 4.39 Å². The highest BCUT2D eigenvalue weighted by molar-refractivity contribution is 6.31. The molecule has 0 aromatic heterocycles. The van der Waals surface area contributed by atoms with Gasteiger partial charge < -0.3 is 5.32 Å². The molecule has 102 valence electrons. The zero-order valence-corrected chi connectivity index (χ0v) is 12.4. The normalized spacial score (nSPS) is 14.8. The van der Waals surface area contributed by atoms with Gasteiger partial charge in [0.15, 0.2) is 0 Å². The molecular formula is C15H23ClFN. The second-order valence-electron chi connectivity index (χ2n) is 5.61. The van der Waals surface area contributed by atoms with Crippen molar-refractivity contribution < 1.29 is 4.39 Å². The first-order valence-corrected chi connectivity index (χ1v) is 6.91. The van der Waals surface area contributed by atoms with Gasteiger partial charge in [0.05, 0.1) is 0 Å². The average Bonchev–Trinajstić information content (AvgIpc) is 2.30. The van der Waals surface area contributed by atoms with Crippen molar-refractivity contribution in [2.75, 3.05) is 6.54 Å². The minimum atomic E-state index is -0.276. The van der Waals surface area contributed by atoms with Crippen LogP contribution >= 0.6 is 11.6 Å². The summed E-state index contributed by atoms with van der Waals surface area (Å²) in [7, 11) is 0. The van der Waals surface area contributed by atoms with Crippen molar-refractivity contribution in [1.82, 2.24) is 5.32 Å². The summed E-state index contributed by atoms with van der Waals surface area (Å²) in [5.41, 5.74) is 1.17. The molecule has 1 aromatic rings. The third-order valence-corrected chi connectivity index (χ3v) is 3.77. The number of benzene rings is 1. The molecule has 1 atom stereocenters. The number of rotatable bonds is 6. The first kappa shape index (κ1) is 15.5. The van der Waals surface area contributed by atoms with Gasteiger partial charge in [0.1, 0.15) is 5.82 Å². The predicted octanol–water partition coefficient (Wildman–Crippen LogP) is 4.44. The molecule has 0 aliphatic rings. The molecular weight excluding hydrogens is 249 g/mol. The molecule has 0 saturated heterocycles. The van der Waals surface area contributed by atoms with Crippen LogP contribution in [0.3, 0.4) is 0 Å². The molecule has 0 fully saturated rings. The second kappa shape index (κ2) is 6.53. The molecule has 0 aliphatic carbocycles. The first-order chi connectivity index (χ1) is 8.36. The lowest BCUT2D eigenvalue weighted by atomic mass is 9.81. The topological polar surface area (TPSA) is 12.0 Å². The van der Waals surface area contributed by atoms with E-state index in [1.807, 2.05) is 0 Å². The fraction of sp³-hybridized carbons (Fsp3) is 0.600. The van der Waals surface area contributed by atoms with Crippen LogP contribution in [-0.4, -0.2) is 12.6 Å². The summed E-state index contributed by atoms with van der Waals surface area (Å²) in [5, 5.41) is 4.00. The summed E-state index contributed by atoms with van der Waals surface area (Å²) >= 11 is 6.09. The molecule has 18 heavy (non-hydrogen) atoms. The Morgan fingerprint density at radius 2 is 2.06 bits per heavy atom. The maximum Gasteiger partial charge on any atom is 0.124 e. The Hall–Kier alpha value is -0.600. The lowest BCUT2D eigenvalue weighted by Gasteiger charge is -2.30. The van der Waals surface area contributed by atoms with Crippen LogP contribution in [0.1, 0.15) is 39.7 Å². The van der Waals surface area contributed by atoms with E-state index in [9.17, 15) is 4.39 Å². The Morgan fingerprint density at radius 1 is 1.39 bits per heavy atom. The van der Waals surface area contributed by atoms with Crippen LogP contribution in [0.15, 0.2) is 18.2 Å². The van der Waals surface area contributed by atoms with Gasteiger partial charge in [-0.3, -0.25) is 0 Å². The highest BCUT2D eigenvalue weighted by Crippen LogP contribution is 2.29. The van der Waals surface area contributed by atoms with E-state index < -0.39 is 0 Å². The number of nitrogens with one attached hydrogen (secondary N) is 1. The third-order valence-electron chi connectivity index (χ3n) is 3.42. The molecule has 0 heterocycles. The molecule has 1 aromatic carbocycles. The number of hydrogen-bond acceptors (Lipinski definition) is 1. The summed E-state index contributed by atoms with van der Waals surface area (Å²) in [6.45, 7) is 9.64. The highest BCUT2D eigenvalue weighted by atomic mass is 35.5. The van der Waals surface area contributed by atoms with E-state index in [4.69, 9.17) is 11.6 Å². The molecule has 1 N–H and O–H groups in total. The van der Waals surface area contributed by atoms with E-state index in [1.54, 1.807) is 6.07 Å². The summed E-state index contributed by atoms with van der Waals surface area (Å²) in [4.78, 5) is 0. The van der Waals surface area contributed by atoms with Crippen molar-refractivity contribution in [2.24, 2.45) is 5.41 Å². The van der Waals surface area contributed by atoms with Gasteiger partial charge in [-0.1, -0.05) is 45.4 Å². The van der Waals surface area contributed by atoms with Crippen LogP contribution in [0.25, 0.3) is 0 Å². The Balaban J connectivity index is 2.77. The Kier molecular flexibility index (Phi) is 5.61. The summed E-state index contributed by atoms with van der Waals surface area (Å²) in [6, 6.07) is 5.14. The first-order valence-electron chi connectivity index (χ1n) is 6.53. The standard InChI is InChI=1S/C15H23ClFN/c1-5-15(4,10-18-11(2)3)9-12-6-7-13(17)8-14(12)16/h6-8,11,18H,5,9-10H2,1-4H3. The van der Waals surface area contributed by atoms with Crippen LogP contribution in [-0.2, 0) is 6.42 Å². The Labute approximate surface area is 115 Å². The van der Waals surface area contributed by atoms with Gasteiger partial charge in [0.25, 0.3) is 0 Å². The summed E-state index contributed by atoms with van der Waals surface area (Å²) < 4.78 is 13.0. The minimum Gasteiger partial charge on any atom is -0.314 e. The van der Waals surface area contributed by atoms with Crippen molar-refractivity contribution in [2.45, 2.75) is 46.6 Å². The van der Waals surface area contributed by atoms with Gasteiger partial charge in [-0.05, 0) is 36.0 Å². The van der Waals surface area contributed by atoms with Crippen molar-refractivity contribution in [3.05, 3.63) is 34.6 Å². The lowest BCUT2D eigenvalue weighted by molar-refractivity contribution is 0.281. The molecule has 0 saturated carbocycles. The summed E-state index contributed by atoms with van der Waals surface area (Å²) in [5.74, 6) is -0.276. The van der Waals surface area contributed by atoms with Crippen molar-refractivity contribution >= 4 is 11.6 Å². The maximum atomic E-state index is 13.0. The molecule has 0 radical (unpaired) electrons. The van der Waals surface area contributed by atoms with E-state index in [1.165, 1.54) is 12.1 Å². The van der Waals surface area contributed by atoms with Crippen molar-refractivity contribution in [3.8, 4) is 0 Å². The molecule has 0 bridgehead atoms. The van der Waals surface area contributed by atoms with Crippen LogP contribution < -0.4 is 5.32 Å². The predicted molar refractivity (Wildman–Crippen MR) is 76.7 cm³/mol. The fourth-order valence-electron chi connectivity index (χ4n) is 1.89. The second-order valence-corrected chi connectivity index (χ2v) is 6.02. The van der Waals surface area contributed by atoms with Gasteiger partial charge >= 0.3 is 0 Å². The average molecular weight is 272 g/mol. The van der Waals surface area contributed by atoms with Gasteiger partial charge in [-0.2, -0.15) is 0 Å². The SMILES string of the molecule is CCC(C)(CNC(C)C)Cc1ccc(F)cc1Cl. The van der Waals surface area contributed by atoms with Gasteiger partial charge in [0, 0.05) is 17.6 Å². The third kappa shape index (κ3) is 4.58. The van der Waals surface area contributed by atoms with E-state index in [2.05, 4.69) is 33.0 Å². The largest absolute Gasteiger partial charge is 0.314 e. The van der Waals surface area contributed by atoms with Gasteiger partial charge in [-0.15, -0.1) is 0 Å². The zero-order chi connectivity index (χ0) is 13.8. The quantitative estimate of drug-likeness (QED) is 0.807. The van der Waals surface area contributed by atoms with Gasteiger partial charge in [0.2, 0.25) is 0 Å². The minimum absolute atomic E-state index is 0.145. The lowest BCUT2D eigenvalue weighted by Crippen LogP contribution is -2.36. The Bertz CT molecular complexity index is 392. The highest BCUT2D eigenvalue weighted by Gasteiger charge is 2.23. The number of halogens is 2. The Morgan fingerprint density at radius 3 is 2.56 bits per heavy atom. The van der Waals surface area contributed by atoms with E-state index in [0.717, 1.165) is 24.9 Å². The molecule has 3 heteroatoms. The van der Waals surface area contributed by atoms with E-state index >= 15 is 0 Å². The molecule has 1 rings (SSSR count). The molecule has 0 amide bonds. The molecule has 0 spiro atoms. The number of hydrogen-bond donors (Lipinski definition) is 1. The molecule has 1 nitrogen and oxygen atoms in total. The van der Waals surface area contributed by atoms with Crippen molar-refractivity contribution in [3.63, 3.8) is 0 Å². The van der Waals surface area contributed by atoms with Crippen LogP contribution in [0, 0.1) is 11.2 Å².